The topological polar surface area (TPSA) is 88.4 Å². The predicted molar refractivity (Wildman–Crippen MR) is 114 cm³/mol. The molecular weight excluding hydrogens is 397 g/mol. The number of aromatic nitrogens is 3. The van der Waals surface area contributed by atoms with Gasteiger partial charge in [0.1, 0.15) is 11.6 Å². The highest BCUT2D eigenvalue weighted by molar-refractivity contribution is 6.15. The van der Waals surface area contributed by atoms with E-state index in [1.165, 1.54) is 12.1 Å². The quantitative estimate of drug-likeness (QED) is 0.473. The summed E-state index contributed by atoms with van der Waals surface area (Å²) >= 11 is 0. The van der Waals surface area contributed by atoms with Crippen molar-refractivity contribution in [1.29, 1.82) is 0 Å². The third-order valence-electron chi connectivity index (χ3n) is 5.66. The molecular formula is C23H22FN5O2. The van der Waals surface area contributed by atoms with E-state index in [0.717, 1.165) is 29.9 Å². The molecule has 1 saturated carbocycles. The number of hydrogen-bond donors (Lipinski definition) is 2. The summed E-state index contributed by atoms with van der Waals surface area (Å²) in [5.74, 6) is 0.0721. The Morgan fingerprint density at radius 1 is 1.29 bits per heavy atom. The summed E-state index contributed by atoms with van der Waals surface area (Å²) in [7, 11) is 0. The number of imide groups is 1. The summed E-state index contributed by atoms with van der Waals surface area (Å²) in [5, 5.41) is 10.3. The number of benzene rings is 1. The third kappa shape index (κ3) is 4.05. The predicted octanol–water partition coefficient (Wildman–Crippen LogP) is 3.22. The van der Waals surface area contributed by atoms with Crippen LogP contribution in [0.5, 0.6) is 0 Å². The molecule has 1 saturated heterocycles. The minimum Gasteiger partial charge on any atom is -0.367 e. The van der Waals surface area contributed by atoms with Gasteiger partial charge in [-0.25, -0.2) is 9.37 Å². The van der Waals surface area contributed by atoms with Gasteiger partial charge >= 0.3 is 0 Å². The lowest BCUT2D eigenvalue weighted by Crippen LogP contribution is -2.19. The molecule has 31 heavy (non-hydrogen) atoms. The number of halogens is 1. The molecule has 8 heteroatoms. The number of carbonyl (C=O) groups excluding carboxylic acids is 2. The van der Waals surface area contributed by atoms with Crippen LogP contribution >= 0.6 is 0 Å². The highest BCUT2D eigenvalue weighted by Crippen LogP contribution is 2.28. The summed E-state index contributed by atoms with van der Waals surface area (Å²) in [5.41, 5.74) is 3.64. The molecule has 3 heterocycles. The van der Waals surface area contributed by atoms with Crippen LogP contribution in [0.3, 0.4) is 0 Å². The van der Waals surface area contributed by atoms with Crippen LogP contribution in [-0.2, 0) is 16.0 Å². The second-order valence-corrected chi connectivity index (χ2v) is 8.27. The van der Waals surface area contributed by atoms with Crippen molar-refractivity contribution in [2.75, 3.05) is 5.32 Å². The fourth-order valence-electron chi connectivity index (χ4n) is 3.81. The van der Waals surface area contributed by atoms with Gasteiger partial charge in [0, 0.05) is 28.9 Å². The average Bonchev–Trinajstić information content (AvgIpc) is 3.37. The SMILES string of the molecule is CC(Cc1cc(NC2CC2)n2ncc(/C=C3\CC(=O)NC3=O)c2n1)c1ccc(F)cc1. The Morgan fingerprint density at radius 2 is 2.06 bits per heavy atom. The van der Waals surface area contributed by atoms with Crippen LogP contribution in [0.25, 0.3) is 11.7 Å². The van der Waals surface area contributed by atoms with E-state index in [2.05, 4.69) is 22.7 Å². The van der Waals surface area contributed by atoms with Crippen LogP contribution in [0.1, 0.15) is 48.9 Å². The standard InChI is InChI=1S/C23H22FN5O2/c1-13(14-2-4-17(24)5-3-14)8-19-11-20(26-18-6-7-18)29-22(27-19)16(12-25-29)9-15-10-21(30)28-23(15)31/h2-5,9,11-13,18,26H,6-8,10H2,1H3,(H,28,30,31)/b15-9+. The van der Waals surface area contributed by atoms with E-state index >= 15 is 0 Å². The molecule has 2 aromatic heterocycles. The first-order chi connectivity index (χ1) is 15.0. The molecule has 1 aromatic carbocycles. The highest BCUT2D eigenvalue weighted by atomic mass is 19.1. The van der Waals surface area contributed by atoms with Crippen molar-refractivity contribution in [3.05, 3.63) is 64.7 Å². The van der Waals surface area contributed by atoms with Gasteiger partial charge in [-0.15, -0.1) is 0 Å². The Bertz CT molecular complexity index is 1210. The molecule has 1 aliphatic heterocycles. The number of hydrogen-bond acceptors (Lipinski definition) is 5. The van der Waals surface area contributed by atoms with Gasteiger partial charge in [-0.3, -0.25) is 14.9 Å². The minimum absolute atomic E-state index is 0.0602. The van der Waals surface area contributed by atoms with E-state index in [0.29, 0.717) is 29.2 Å². The highest BCUT2D eigenvalue weighted by Gasteiger charge is 2.26. The summed E-state index contributed by atoms with van der Waals surface area (Å²) < 4.78 is 15.0. The summed E-state index contributed by atoms with van der Waals surface area (Å²) in [6.45, 7) is 2.08. The van der Waals surface area contributed by atoms with E-state index in [9.17, 15) is 14.0 Å². The van der Waals surface area contributed by atoms with Crippen molar-refractivity contribution in [3.8, 4) is 0 Å². The van der Waals surface area contributed by atoms with Gasteiger partial charge in [0.05, 0.1) is 12.6 Å². The van der Waals surface area contributed by atoms with Gasteiger partial charge in [-0.1, -0.05) is 19.1 Å². The summed E-state index contributed by atoms with van der Waals surface area (Å²) in [6, 6.07) is 8.96. The van der Waals surface area contributed by atoms with Crippen molar-refractivity contribution in [2.45, 2.75) is 44.6 Å². The lowest BCUT2D eigenvalue weighted by Gasteiger charge is -2.14. The van der Waals surface area contributed by atoms with Gasteiger partial charge in [0.2, 0.25) is 5.91 Å². The second kappa shape index (κ2) is 7.61. The van der Waals surface area contributed by atoms with Crippen molar-refractivity contribution in [1.82, 2.24) is 19.9 Å². The average molecular weight is 419 g/mol. The van der Waals surface area contributed by atoms with E-state index in [-0.39, 0.29) is 30.0 Å². The van der Waals surface area contributed by atoms with Gasteiger partial charge in [-0.05, 0) is 49.0 Å². The second-order valence-electron chi connectivity index (χ2n) is 8.27. The molecule has 2 fully saturated rings. The summed E-state index contributed by atoms with van der Waals surface area (Å²) in [6.07, 6.45) is 6.31. The molecule has 1 unspecified atom stereocenters. The Labute approximate surface area is 178 Å². The molecule has 0 bridgehead atoms. The van der Waals surface area contributed by atoms with E-state index in [1.54, 1.807) is 28.9 Å². The number of carbonyl (C=O) groups is 2. The minimum atomic E-state index is -0.373. The number of nitrogens with zero attached hydrogens (tertiary/aromatic N) is 3. The van der Waals surface area contributed by atoms with Gasteiger partial charge in [0.15, 0.2) is 5.65 Å². The van der Waals surface area contributed by atoms with Crippen molar-refractivity contribution < 1.29 is 14.0 Å². The number of rotatable bonds is 6. The number of nitrogens with one attached hydrogen (secondary N) is 2. The Morgan fingerprint density at radius 3 is 2.74 bits per heavy atom. The van der Waals surface area contributed by atoms with Crippen LogP contribution in [-0.4, -0.2) is 32.5 Å². The molecule has 0 radical (unpaired) electrons. The van der Waals surface area contributed by atoms with Gasteiger partial charge in [-0.2, -0.15) is 9.61 Å². The van der Waals surface area contributed by atoms with Crippen LogP contribution in [0.4, 0.5) is 10.2 Å². The molecule has 0 spiro atoms. The maximum atomic E-state index is 13.3. The largest absolute Gasteiger partial charge is 0.367 e. The molecule has 158 valence electrons. The van der Waals surface area contributed by atoms with Crippen LogP contribution in [0.15, 0.2) is 42.1 Å². The number of fused-ring (bicyclic) bond motifs is 1. The molecule has 1 aliphatic carbocycles. The Kier molecular flexibility index (Phi) is 4.77. The zero-order valence-corrected chi connectivity index (χ0v) is 17.1. The molecule has 2 N–H and O–H groups in total. The molecule has 2 aliphatic rings. The van der Waals surface area contributed by atoms with Crippen LogP contribution in [0.2, 0.25) is 0 Å². The zero-order chi connectivity index (χ0) is 21.5. The van der Waals surface area contributed by atoms with E-state index < -0.39 is 0 Å². The lowest BCUT2D eigenvalue weighted by molar-refractivity contribution is -0.124. The van der Waals surface area contributed by atoms with Gasteiger partial charge in [0.25, 0.3) is 5.91 Å². The van der Waals surface area contributed by atoms with Crippen molar-refractivity contribution in [3.63, 3.8) is 0 Å². The maximum absolute atomic E-state index is 13.3. The van der Waals surface area contributed by atoms with Crippen molar-refractivity contribution >= 4 is 29.4 Å². The smallest absolute Gasteiger partial charge is 0.254 e. The zero-order valence-electron chi connectivity index (χ0n) is 17.1. The Balaban J connectivity index is 1.52. The number of anilines is 1. The fourth-order valence-corrected chi connectivity index (χ4v) is 3.81. The van der Waals surface area contributed by atoms with Gasteiger partial charge < -0.3 is 5.32 Å². The first-order valence-electron chi connectivity index (χ1n) is 10.4. The van der Waals surface area contributed by atoms with Crippen molar-refractivity contribution in [2.24, 2.45) is 0 Å². The molecule has 3 aromatic rings. The molecule has 1 atom stereocenters. The molecule has 5 rings (SSSR count). The first-order valence-corrected chi connectivity index (χ1v) is 10.4. The molecule has 7 nitrogen and oxygen atoms in total. The van der Waals surface area contributed by atoms with Crippen LogP contribution < -0.4 is 10.6 Å². The lowest BCUT2D eigenvalue weighted by atomic mass is 9.96. The van der Waals surface area contributed by atoms with Crippen LogP contribution in [0, 0.1) is 5.82 Å². The third-order valence-corrected chi connectivity index (χ3v) is 5.66. The van der Waals surface area contributed by atoms with E-state index in [4.69, 9.17) is 4.98 Å². The fraction of sp³-hybridized carbons (Fsp3) is 0.304. The normalized spacial score (nSPS) is 18.6. The monoisotopic (exact) mass is 419 g/mol. The first kappa shape index (κ1) is 19.4. The summed E-state index contributed by atoms with van der Waals surface area (Å²) in [4.78, 5) is 28.3. The maximum Gasteiger partial charge on any atom is 0.254 e. The number of amides is 2. The molecule has 2 amide bonds. The Hall–Kier alpha value is -3.55. The van der Waals surface area contributed by atoms with E-state index in [1.807, 2.05) is 6.07 Å².